The first-order valence-electron chi connectivity index (χ1n) is 12.2. The van der Waals surface area contributed by atoms with Gasteiger partial charge in [0.1, 0.15) is 0 Å². The number of benzene rings is 4. The quantitative estimate of drug-likeness (QED) is 0.175. The third-order valence-electron chi connectivity index (χ3n) is 7.35. The molecule has 1 amide bonds. The predicted molar refractivity (Wildman–Crippen MR) is 144 cm³/mol. The standard InChI is InChI=1S/C29H22N4O5/c34-29(19-14-21(32(35)36)16-22(15-19)33(37)38)30-20-7-3-6-18(13-20)28-25-10-4-9-24(25)27-23-8-2-1-5-17(23)11-12-26(27)31-28/h1-9,11-16,24-25,28,31H,10H2,(H,30,34). The molecule has 9 heteroatoms. The Hall–Kier alpha value is -5.05. The molecule has 9 nitrogen and oxygen atoms in total. The van der Waals surface area contributed by atoms with Crippen molar-refractivity contribution < 1.29 is 14.6 Å². The van der Waals surface area contributed by atoms with Crippen molar-refractivity contribution in [1.82, 2.24) is 0 Å². The number of hydrogen-bond donors (Lipinski definition) is 2. The van der Waals surface area contributed by atoms with Crippen molar-refractivity contribution in [3.8, 4) is 0 Å². The third-order valence-corrected chi connectivity index (χ3v) is 7.35. The van der Waals surface area contributed by atoms with Gasteiger partial charge < -0.3 is 10.6 Å². The molecule has 0 aromatic heterocycles. The van der Waals surface area contributed by atoms with Crippen LogP contribution in [-0.2, 0) is 0 Å². The van der Waals surface area contributed by atoms with Gasteiger partial charge in [0.2, 0.25) is 0 Å². The Bertz CT molecular complexity index is 1630. The van der Waals surface area contributed by atoms with E-state index in [0.717, 1.165) is 35.9 Å². The molecule has 0 spiro atoms. The minimum absolute atomic E-state index is 0.000542. The molecule has 0 radical (unpaired) electrons. The normalized spacial score (nSPS) is 19.3. The minimum Gasteiger partial charge on any atom is -0.378 e. The summed E-state index contributed by atoms with van der Waals surface area (Å²) >= 11 is 0. The fraction of sp³-hybridized carbons (Fsp3) is 0.138. The molecular formula is C29H22N4O5. The average molecular weight is 507 g/mol. The highest BCUT2D eigenvalue weighted by atomic mass is 16.6. The number of allylic oxidation sites excluding steroid dienone is 2. The third kappa shape index (κ3) is 4.03. The molecule has 188 valence electrons. The Labute approximate surface area is 217 Å². The van der Waals surface area contributed by atoms with Crippen molar-refractivity contribution >= 4 is 39.4 Å². The molecule has 1 aliphatic carbocycles. The number of nitro groups is 2. The summed E-state index contributed by atoms with van der Waals surface area (Å²) in [7, 11) is 0. The fourth-order valence-corrected chi connectivity index (χ4v) is 5.66. The number of anilines is 2. The summed E-state index contributed by atoms with van der Waals surface area (Å²) in [4.78, 5) is 33.9. The predicted octanol–water partition coefficient (Wildman–Crippen LogP) is 6.74. The highest BCUT2D eigenvalue weighted by Crippen LogP contribution is 2.51. The summed E-state index contributed by atoms with van der Waals surface area (Å²) in [5.41, 5.74) is 2.68. The first kappa shape index (κ1) is 23.4. The zero-order valence-electron chi connectivity index (χ0n) is 20.0. The maximum atomic E-state index is 12.9. The van der Waals surface area contributed by atoms with Crippen LogP contribution in [0.3, 0.4) is 0 Å². The number of hydrogen-bond acceptors (Lipinski definition) is 6. The van der Waals surface area contributed by atoms with Gasteiger partial charge in [-0.2, -0.15) is 0 Å². The molecule has 2 aliphatic rings. The van der Waals surface area contributed by atoms with Crippen LogP contribution < -0.4 is 10.6 Å². The van der Waals surface area contributed by atoms with Gasteiger partial charge in [-0.25, -0.2) is 0 Å². The van der Waals surface area contributed by atoms with E-state index >= 15 is 0 Å². The lowest BCUT2D eigenvalue weighted by atomic mass is 9.75. The molecule has 0 bridgehead atoms. The van der Waals surface area contributed by atoms with Crippen LogP contribution in [0, 0.1) is 26.1 Å². The highest BCUT2D eigenvalue weighted by Gasteiger charge is 2.38. The smallest absolute Gasteiger partial charge is 0.277 e. The Morgan fingerprint density at radius 3 is 2.42 bits per heavy atom. The Morgan fingerprint density at radius 1 is 0.895 bits per heavy atom. The number of nitrogens with one attached hydrogen (secondary N) is 2. The zero-order valence-corrected chi connectivity index (χ0v) is 20.0. The Kier molecular flexibility index (Phi) is 5.60. The van der Waals surface area contributed by atoms with Crippen LogP contribution >= 0.6 is 0 Å². The van der Waals surface area contributed by atoms with Crippen molar-refractivity contribution in [1.29, 1.82) is 0 Å². The summed E-state index contributed by atoms with van der Waals surface area (Å²) in [6.45, 7) is 0. The van der Waals surface area contributed by atoms with Crippen molar-refractivity contribution in [2.75, 3.05) is 10.6 Å². The van der Waals surface area contributed by atoms with Gasteiger partial charge in [0, 0.05) is 29.4 Å². The minimum atomic E-state index is -0.758. The number of carbonyl (C=O) groups is 1. The first-order chi connectivity index (χ1) is 18.4. The Balaban J connectivity index is 1.31. The molecule has 3 atom stereocenters. The molecule has 1 aliphatic heterocycles. The van der Waals surface area contributed by atoms with Gasteiger partial charge in [0.15, 0.2) is 0 Å². The van der Waals surface area contributed by atoms with Crippen LogP contribution in [0.5, 0.6) is 0 Å². The van der Waals surface area contributed by atoms with Gasteiger partial charge in [-0.1, -0.05) is 54.6 Å². The summed E-state index contributed by atoms with van der Waals surface area (Å²) < 4.78 is 0. The first-order valence-corrected chi connectivity index (χ1v) is 12.2. The molecule has 3 unspecified atom stereocenters. The lowest BCUT2D eigenvalue weighted by molar-refractivity contribution is -0.394. The van der Waals surface area contributed by atoms with Gasteiger partial charge in [0.05, 0.1) is 27.5 Å². The second-order valence-corrected chi connectivity index (χ2v) is 9.56. The van der Waals surface area contributed by atoms with E-state index in [1.807, 2.05) is 24.3 Å². The number of nitrogens with zero attached hydrogens (tertiary/aromatic N) is 2. The lowest BCUT2D eigenvalue weighted by Gasteiger charge is -2.38. The second kappa shape index (κ2) is 9.11. The van der Waals surface area contributed by atoms with E-state index in [0.29, 0.717) is 11.6 Å². The number of carbonyl (C=O) groups excluding carboxylic acids is 1. The van der Waals surface area contributed by atoms with E-state index in [1.165, 1.54) is 16.3 Å². The van der Waals surface area contributed by atoms with E-state index in [9.17, 15) is 25.0 Å². The molecule has 2 N–H and O–H groups in total. The summed E-state index contributed by atoms with van der Waals surface area (Å²) in [5, 5.41) is 31.4. The van der Waals surface area contributed by atoms with Crippen LogP contribution in [0.4, 0.5) is 22.7 Å². The van der Waals surface area contributed by atoms with Crippen molar-refractivity contribution in [2.24, 2.45) is 5.92 Å². The number of rotatable bonds is 5. The summed E-state index contributed by atoms with van der Waals surface area (Å²) in [6, 6.07) is 23.0. The monoisotopic (exact) mass is 506 g/mol. The van der Waals surface area contributed by atoms with Gasteiger partial charge in [-0.3, -0.25) is 25.0 Å². The van der Waals surface area contributed by atoms with Crippen molar-refractivity contribution in [3.63, 3.8) is 0 Å². The SMILES string of the molecule is O=C(Nc1cccc(C2Nc3ccc4ccccc4c3C3C=CCC32)c1)c1cc([N+](=O)[O-])cc([N+](=O)[O-])c1. The van der Waals surface area contributed by atoms with Crippen LogP contribution in [0.1, 0.15) is 39.9 Å². The second-order valence-electron chi connectivity index (χ2n) is 9.56. The van der Waals surface area contributed by atoms with Crippen LogP contribution in [0.15, 0.2) is 91.0 Å². The van der Waals surface area contributed by atoms with Crippen molar-refractivity contribution in [3.05, 3.63) is 128 Å². The topological polar surface area (TPSA) is 127 Å². The summed E-state index contributed by atoms with van der Waals surface area (Å²) in [5.74, 6) is -0.118. The largest absolute Gasteiger partial charge is 0.378 e. The van der Waals surface area contributed by atoms with E-state index in [-0.39, 0.29) is 17.5 Å². The molecule has 4 aromatic rings. The van der Waals surface area contributed by atoms with Gasteiger partial charge in [-0.05, 0) is 52.4 Å². The number of amides is 1. The molecular weight excluding hydrogens is 484 g/mol. The van der Waals surface area contributed by atoms with E-state index in [1.54, 1.807) is 6.07 Å². The molecule has 0 fully saturated rings. The van der Waals surface area contributed by atoms with E-state index in [4.69, 9.17) is 0 Å². The lowest BCUT2D eigenvalue weighted by Crippen LogP contribution is -2.29. The summed E-state index contributed by atoms with van der Waals surface area (Å²) in [6.07, 6.45) is 5.42. The van der Waals surface area contributed by atoms with Crippen molar-refractivity contribution in [2.45, 2.75) is 18.4 Å². The average Bonchev–Trinajstić information content (AvgIpc) is 3.42. The Morgan fingerprint density at radius 2 is 1.66 bits per heavy atom. The highest BCUT2D eigenvalue weighted by molar-refractivity contribution is 6.05. The molecule has 38 heavy (non-hydrogen) atoms. The van der Waals surface area contributed by atoms with E-state index in [2.05, 4.69) is 53.1 Å². The number of non-ortho nitro benzene ring substituents is 2. The molecule has 6 rings (SSSR count). The van der Waals surface area contributed by atoms with Gasteiger partial charge in [-0.15, -0.1) is 0 Å². The van der Waals surface area contributed by atoms with E-state index < -0.39 is 27.1 Å². The van der Waals surface area contributed by atoms with Gasteiger partial charge in [0.25, 0.3) is 17.3 Å². The molecule has 0 saturated heterocycles. The fourth-order valence-electron chi connectivity index (χ4n) is 5.66. The number of nitro benzene ring substituents is 2. The zero-order chi connectivity index (χ0) is 26.4. The van der Waals surface area contributed by atoms with Crippen LogP contribution in [0.2, 0.25) is 0 Å². The molecule has 4 aromatic carbocycles. The number of fused-ring (bicyclic) bond motifs is 5. The van der Waals surface area contributed by atoms with Crippen LogP contribution in [-0.4, -0.2) is 15.8 Å². The maximum absolute atomic E-state index is 12.9. The van der Waals surface area contributed by atoms with Gasteiger partial charge >= 0.3 is 0 Å². The molecule has 1 heterocycles. The maximum Gasteiger partial charge on any atom is 0.277 e. The van der Waals surface area contributed by atoms with Crippen LogP contribution in [0.25, 0.3) is 10.8 Å². The molecule has 0 saturated carbocycles.